The van der Waals surface area contributed by atoms with Crippen LogP contribution < -0.4 is 10.6 Å². The number of carbonyl (C=O) groups is 2. The van der Waals surface area contributed by atoms with Crippen LogP contribution in [0.25, 0.3) is 0 Å². The van der Waals surface area contributed by atoms with Gasteiger partial charge in [-0.15, -0.1) is 0 Å². The summed E-state index contributed by atoms with van der Waals surface area (Å²) in [7, 11) is 3.90. The zero-order valence-corrected chi connectivity index (χ0v) is 13.6. The van der Waals surface area contributed by atoms with Crippen molar-refractivity contribution < 1.29 is 14.7 Å². The number of hydrogen-bond donors (Lipinski definition) is 3. The third-order valence-electron chi connectivity index (χ3n) is 3.01. The number of rotatable bonds is 9. The van der Waals surface area contributed by atoms with E-state index < -0.39 is 12.0 Å². The highest BCUT2D eigenvalue weighted by molar-refractivity contribution is 6.33. The Labute approximate surface area is 135 Å². The van der Waals surface area contributed by atoms with Crippen molar-refractivity contribution in [2.24, 2.45) is 0 Å². The van der Waals surface area contributed by atoms with E-state index in [9.17, 15) is 14.7 Å². The van der Waals surface area contributed by atoms with E-state index in [1.165, 1.54) is 0 Å². The van der Waals surface area contributed by atoms with Crippen molar-refractivity contribution in [1.82, 2.24) is 10.2 Å². The summed E-state index contributed by atoms with van der Waals surface area (Å²) in [6.07, 6.45) is 0.658. The Hall–Kier alpha value is -1.63. The Balaban J connectivity index is 2.47. The lowest BCUT2D eigenvalue weighted by molar-refractivity contribution is -0.141. The Morgan fingerprint density at radius 1 is 1.32 bits per heavy atom. The molecule has 0 aliphatic heterocycles. The largest absolute Gasteiger partial charge is 0.480 e. The normalized spacial score (nSPS) is 12.2. The van der Waals surface area contributed by atoms with Crippen molar-refractivity contribution in [3.8, 4) is 0 Å². The van der Waals surface area contributed by atoms with Crippen LogP contribution >= 0.6 is 11.6 Å². The first kappa shape index (κ1) is 18.4. The minimum Gasteiger partial charge on any atom is -0.480 e. The summed E-state index contributed by atoms with van der Waals surface area (Å²) < 4.78 is 0. The molecule has 3 N–H and O–H groups in total. The average molecular weight is 328 g/mol. The van der Waals surface area contributed by atoms with Crippen LogP contribution in [0.1, 0.15) is 12.8 Å². The number of carbonyl (C=O) groups excluding carboxylic acids is 1. The minimum atomic E-state index is -1.04. The smallest absolute Gasteiger partial charge is 0.321 e. The van der Waals surface area contributed by atoms with E-state index in [1.54, 1.807) is 24.3 Å². The molecule has 0 radical (unpaired) electrons. The fourth-order valence-electron chi connectivity index (χ4n) is 1.87. The summed E-state index contributed by atoms with van der Waals surface area (Å²) in [5, 5.41) is 15.1. The van der Waals surface area contributed by atoms with Gasteiger partial charge in [0, 0.05) is 0 Å². The van der Waals surface area contributed by atoms with Crippen molar-refractivity contribution in [2.75, 3.05) is 32.5 Å². The molecule has 0 aromatic heterocycles. The predicted octanol–water partition coefficient (Wildman–Crippen LogP) is 1.66. The minimum absolute atomic E-state index is 0.150. The summed E-state index contributed by atoms with van der Waals surface area (Å²) >= 11 is 5.95. The summed E-state index contributed by atoms with van der Waals surface area (Å²) in [5.74, 6) is -1.43. The molecule has 0 aliphatic carbocycles. The molecule has 1 amide bonds. The number of benzene rings is 1. The Kier molecular flexibility index (Phi) is 7.87. The number of halogens is 1. The van der Waals surface area contributed by atoms with E-state index in [0.717, 1.165) is 13.0 Å². The first-order valence-corrected chi connectivity index (χ1v) is 7.43. The number of nitrogens with one attached hydrogen (secondary N) is 2. The summed E-state index contributed by atoms with van der Waals surface area (Å²) in [4.78, 5) is 25.2. The first-order chi connectivity index (χ1) is 10.4. The van der Waals surface area contributed by atoms with E-state index in [0.29, 0.717) is 17.3 Å². The van der Waals surface area contributed by atoms with Crippen LogP contribution in [0.15, 0.2) is 24.3 Å². The number of nitrogens with zero attached hydrogens (tertiary/aromatic N) is 1. The van der Waals surface area contributed by atoms with Crippen LogP contribution in [-0.4, -0.2) is 55.1 Å². The SMILES string of the molecule is CN(C)CCCN[C@@H](CC(=O)Nc1ccccc1Cl)C(=O)O. The molecule has 0 saturated carbocycles. The molecule has 0 bridgehead atoms. The number of hydrogen-bond acceptors (Lipinski definition) is 4. The van der Waals surface area contributed by atoms with Crippen molar-refractivity contribution in [1.29, 1.82) is 0 Å². The van der Waals surface area contributed by atoms with Crippen molar-refractivity contribution in [3.05, 3.63) is 29.3 Å². The number of amides is 1. The van der Waals surface area contributed by atoms with Gasteiger partial charge in [-0.1, -0.05) is 23.7 Å². The molecular formula is C15H22ClN3O3. The van der Waals surface area contributed by atoms with Crippen LogP contribution in [0.4, 0.5) is 5.69 Å². The van der Waals surface area contributed by atoms with Gasteiger partial charge < -0.3 is 20.6 Å². The van der Waals surface area contributed by atoms with Crippen molar-refractivity contribution in [3.63, 3.8) is 0 Å². The predicted molar refractivity (Wildman–Crippen MR) is 87.3 cm³/mol. The molecular weight excluding hydrogens is 306 g/mol. The highest BCUT2D eigenvalue weighted by atomic mass is 35.5. The third kappa shape index (κ3) is 6.89. The average Bonchev–Trinajstić information content (AvgIpc) is 2.44. The van der Waals surface area contributed by atoms with E-state index in [2.05, 4.69) is 10.6 Å². The maximum absolute atomic E-state index is 11.9. The molecule has 1 atom stereocenters. The maximum Gasteiger partial charge on any atom is 0.321 e. The van der Waals surface area contributed by atoms with Gasteiger partial charge in [0.1, 0.15) is 6.04 Å². The van der Waals surface area contributed by atoms with Gasteiger partial charge in [0.2, 0.25) is 5.91 Å². The third-order valence-corrected chi connectivity index (χ3v) is 3.34. The van der Waals surface area contributed by atoms with Crippen molar-refractivity contribution >= 4 is 29.2 Å². The quantitative estimate of drug-likeness (QED) is 0.601. The lowest BCUT2D eigenvalue weighted by Crippen LogP contribution is -2.40. The lowest BCUT2D eigenvalue weighted by Gasteiger charge is -2.16. The van der Waals surface area contributed by atoms with Gasteiger partial charge >= 0.3 is 5.97 Å². The van der Waals surface area contributed by atoms with Crippen LogP contribution in [0.2, 0.25) is 5.02 Å². The van der Waals surface area contributed by atoms with Gasteiger partial charge in [0.15, 0.2) is 0 Å². The zero-order valence-electron chi connectivity index (χ0n) is 12.8. The molecule has 7 heteroatoms. The zero-order chi connectivity index (χ0) is 16.5. The molecule has 1 aromatic rings. The standard InChI is InChI=1S/C15H22ClN3O3/c1-19(2)9-5-8-17-13(15(21)22)10-14(20)18-12-7-4-3-6-11(12)16/h3-4,6-7,13,17H,5,8-10H2,1-2H3,(H,18,20)(H,21,22)/t13-/m0/s1. The summed E-state index contributed by atoms with van der Waals surface area (Å²) in [6, 6.07) is 5.91. The molecule has 0 unspecified atom stereocenters. The molecule has 0 saturated heterocycles. The Bertz CT molecular complexity index is 509. The molecule has 22 heavy (non-hydrogen) atoms. The van der Waals surface area contributed by atoms with Gasteiger partial charge in [-0.05, 0) is 45.7 Å². The van der Waals surface area contributed by atoms with Crippen LogP contribution in [0.5, 0.6) is 0 Å². The fourth-order valence-corrected chi connectivity index (χ4v) is 2.05. The lowest BCUT2D eigenvalue weighted by atomic mass is 10.2. The van der Waals surface area contributed by atoms with E-state index in [4.69, 9.17) is 11.6 Å². The monoisotopic (exact) mass is 327 g/mol. The second-order valence-electron chi connectivity index (χ2n) is 5.23. The van der Waals surface area contributed by atoms with Gasteiger partial charge in [-0.25, -0.2) is 0 Å². The van der Waals surface area contributed by atoms with Gasteiger partial charge in [-0.3, -0.25) is 9.59 Å². The molecule has 1 rings (SSSR count). The highest BCUT2D eigenvalue weighted by Gasteiger charge is 2.20. The molecule has 0 aliphatic rings. The highest BCUT2D eigenvalue weighted by Crippen LogP contribution is 2.20. The van der Waals surface area contributed by atoms with E-state index in [1.807, 2.05) is 19.0 Å². The summed E-state index contributed by atoms with van der Waals surface area (Å²) in [5.41, 5.74) is 0.478. The molecule has 0 fully saturated rings. The van der Waals surface area contributed by atoms with Gasteiger partial charge in [-0.2, -0.15) is 0 Å². The number of carboxylic acid groups (broad SMARTS) is 1. The van der Waals surface area contributed by atoms with Crippen LogP contribution in [-0.2, 0) is 9.59 Å². The maximum atomic E-state index is 11.9. The first-order valence-electron chi connectivity index (χ1n) is 7.05. The topological polar surface area (TPSA) is 81.7 Å². The van der Waals surface area contributed by atoms with Gasteiger partial charge in [0.05, 0.1) is 17.1 Å². The summed E-state index contributed by atoms with van der Waals surface area (Å²) in [6.45, 7) is 1.39. The van der Waals surface area contributed by atoms with Gasteiger partial charge in [0.25, 0.3) is 0 Å². The second kappa shape index (κ2) is 9.40. The van der Waals surface area contributed by atoms with Crippen LogP contribution in [0, 0.1) is 0 Å². The van der Waals surface area contributed by atoms with Crippen molar-refractivity contribution in [2.45, 2.75) is 18.9 Å². The number of aliphatic carboxylic acids is 1. The molecule has 122 valence electrons. The fraction of sp³-hybridized carbons (Fsp3) is 0.467. The Morgan fingerprint density at radius 2 is 2.00 bits per heavy atom. The number of carboxylic acids is 1. The number of anilines is 1. The molecule has 1 aromatic carbocycles. The molecule has 6 nitrogen and oxygen atoms in total. The van der Waals surface area contributed by atoms with E-state index >= 15 is 0 Å². The van der Waals surface area contributed by atoms with Crippen LogP contribution in [0.3, 0.4) is 0 Å². The Morgan fingerprint density at radius 3 is 2.59 bits per heavy atom. The second-order valence-corrected chi connectivity index (χ2v) is 5.64. The molecule has 0 heterocycles. The number of para-hydroxylation sites is 1. The van der Waals surface area contributed by atoms with E-state index in [-0.39, 0.29) is 12.3 Å². The molecule has 0 spiro atoms.